The number of benzene rings is 1. The van der Waals surface area contributed by atoms with Crippen LogP contribution in [-0.2, 0) is 4.79 Å². The van der Waals surface area contributed by atoms with E-state index < -0.39 is 0 Å². The summed E-state index contributed by atoms with van der Waals surface area (Å²) in [5, 5.41) is 2.88. The quantitative estimate of drug-likeness (QED) is 0.845. The minimum atomic E-state index is 0.0655. The van der Waals surface area contributed by atoms with Crippen LogP contribution < -0.4 is 5.32 Å². The van der Waals surface area contributed by atoms with E-state index in [0.29, 0.717) is 6.54 Å². The lowest BCUT2D eigenvalue weighted by molar-refractivity contribution is -0.117. The van der Waals surface area contributed by atoms with E-state index in [4.69, 9.17) is 0 Å². The lowest BCUT2D eigenvalue weighted by Crippen LogP contribution is -2.25. The maximum Gasteiger partial charge on any atom is 0.247 e. The molecular weight excluding hydrogens is 210 g/mol. The number of rotatable bonds is 3. The highest BCUT2D eigenvalue weighted by Crippen LogP contribution is 2.27. The van der Waals surface area contributed by atoms with Gasteiger partial charge in [0.25, 0.3) is 0 Å². The summed E-state index contributed by atoms with van der Waals surface area (Å²) in [6.07, 6.45) is 5.96. The fraction of sp³-hybridized carbons (Fsp3) is 0.267. The Morgan fingerprint density at radius 3 is 2.76 bits per heavy atom. The number of hydrogen-bond donors (Lipinski definition) is 1. The number of allylic oxidation sites excluding steroid dienone is 3. The Morgan fingerprint density at radius 2 is 2.06 bits per heavy atom. The zero-order chi connectivity index (χ0) is 12.1. The molecule has 0 aromatic heterocycles. The van der Waals surface area contributed by atoms with E-state index in [2.05, 4.69) is 17.5 Å². The fourth-order valence-electron chi connectivity index (χ4n) is 2.06. The van der Waals surface area contributed by atoms with Crippen LogP contribution in [0.2, 0.25) is 0 Å². The van der Waals surface area contributed by atoms with E-state index >= 15 is 0 Å². The molecule has 0 heterocycles. The first-order chi connectivity index (χ1) is 8.33. The highest BCUT2D eigenvalue weighted by atomic mass is 16.1. The molecule has 1 aliphatic rings. The molecule has 17 heavy (non-hydrogen) atoms. The largest absolute Gasteiger partial charge is 0.353 e. The maximum absolute atomic E-state index is 12.0. The van der Waals surface area contributed by atoms with Gasteiger partial charge in [-0.05, 0) is 30.9 Å². The second-order valence-electron chi connectivity index (χ2n) is 4.06. The van der Waals surface area contributed by atoms with Crippen LogP contribution in [0.5, 0.6) is 0 Å². The molecule has 0 spiro atoms. The molecule has 0 saturated carbocycles. The van der Waals surface area contributed by atoms with Gasteiger partial charge >= 0.3 is 0 Å². The number of amides is 1. The summed E-state index contributed by atoms with van der Waals surface area (Å²) < 4.78 is 0. The van der Waals surface area contributed by atoms with Crippen LogP contribution in [0.4, 0.5) is 0 Å². The molecule has 0 aliphatic heterocycles. The Kier molecular flexibility index (Phi) is 3.76. The lowest BCUT2D eigenvalue weighted by Gasteiger charge is -2.15. The molecule has 88 valence electrons. The van der Waals surface area contributed by atoms with Gasteiger partial charge in [-0.3, -0.25) is 4.79 Å². The van der Waals surface area contributed by atoms with E-state index in [1.54, 1.807) is 0 Å². The zero-order valence-electron chi connectivity index (χ0n) is 10.1. The average Bonchev–Trinajstić information content (AvgIpc) is 2.40. The van der Waals surface area contributed by atoms with Crippen molar-refractivity contribution in [1.82, 2.24) is 5.32 Å². The minimum absolute atomic E-state index is 0.0655. The van der Waals surface area contributed by atoms with Crippen molar-refractivity contribution in [1.29, 1.82) is 0 Å². The smallest absolute Gasteiger partial charge is 0.247 e. The molecular formula is C15H17NO. The highest BCUT2D eigenvalue weighted by Gasteiger charge is 2.16. The molecule has 0 fully saturated rings. The number of likely N-dealkylation sites (N-methyl/N-ethyl adjacent to an activating group) is 1. The SMILES string of the molecule is CCNC(=O)C1=C(c2ccccc2)C=CCC1. The molecule has 1 aliphatic carbocycles. The van der Waals surface area contributed by atoms with Crippen molar-refractivity contribution >= 4 is 11.5 Å². The normalized spacial score (nSPS) is 14.9. The van der Waals surface area contributed by atoms with Crippen molar-refractivity contribution < 1.29 is 4.79 Å². The molecule has 2 heteroatoms. The van der Waals surface area contributed by atoms with Gasteiger partial charge in [-0.1, -0.05) is 42.5 Å². The average molecular weight is 227 g/mol. The van der Waals surface area contributed by atoms with Crippen molar-refractivity contribution in [3.8, 4) is 0 Å². The predicted molar refractivity (Wildman–Crippen MR) is 70.4 cm³/mol. The Bertz CT molecular complexity index is 457. The van der Waals surface area contributed by atoms with Crippen LogP contribution in [0.15, 0.2) is 48.1 Å². The van der Waals surface area contributed by atoms with Gasteiger partial charge in [0.15, 0.2) is 0 Å². The van der Waals surface area contributed by atoms with Gasteiger partial charge in [-0.25, -0.2) is 0 Å². The first-order valence-corrected chi connectivity index (χ1v) is 6.06. The van der Waals surface area contributed by atoms with Crippen molar-refractivity contribution in [3.63, 3.8) is 0 Å². The monoisotopic (exact) mass is 227 g/mol. The Hall–Kier alpha value is -1.83. The van der Waals surface area contributed by atoms with Gasteiger partial charge in [-0.15, -0.1) is 0 Å². The highest BCUT2D eigenvalue weighted by molar-refractivity contribution is 6.03. The van der Waals surface area contributed by atoms with Crippen LogP contribution >= 0.6 is 0 Å². The molecule has 1 amide bonds. The molecule has 0 saturated heterocycles. The summed E-state index contributed by atoms with van der Waals surface area (Å²) in [6, 6.07) is 10.1. The Balaban J connectivity index is 2.39. The molecule has 0 radical (unpaired) electrons. The van der Waals surface area contributed by atoms with Gasteiger partial charge in [0.05, 0.1) is 0 Å². The molecule has 1 N–H and O–H groups in total. The first-order valence-electron chi connectivity index (χ1n) is 6.06. The fourth-order valence-corrected chi connectivity index (χ4v) is 2.06. The van der Waals surface area contributed by atoms with Crippen molar-refractivity contribution in [2.45, 2.75) is 19.8 Å². The number of carbonyl (C=O) groups excluding carboxylic acids is 1. The second-order valence-corrected chi connectivity index (χ2v) is 4.06. The zero-order valence-corrected chi connectivity index (χ0v) is 10.1. The van der Waals surface area contributed by atoms with E-state index in [0.717, 1.165) is 29.6 Å². The van der Waals surface area contributed by atoms with Crippen molar-refractivity contribution in [2.24, 2.45) is 0 Å². The van der Waals surface area contributed by atoms with Crippen LogP contribution in [0, 0.1) is 0 Å². The Labute approximate surface area is 102 Å². The third kappa shape index (κ3) is 2.64. The van der Waals surface area contributed by atoms with E-state index in [1.165, 1.54) is 0 Å². The molecule has 2 nitrogen and oxygen atoms in total. The van der Waals surface area contributed by atoms with Crippen molar-refractivity contribution in [2.75, 3.05) is 6.54 Å². The van der Waals surface area contributed by atoms with Crippen LogP contribution in [0.25, 0.3) is 5.57 Å². The standard InChI is InChI=1S/C15H17NO/c1-2-16-15(17)14-11-7-6-10-13(14)12-8-4-3-5-9-12/h3-6,8-10H,2,7,11H2,1H3,(H,16,17). The van der Waals surface area contributed by atoms with Gasteiger partial charge in [0, 0.05) is 12.1 Å². The maximum atomic E-state index is 12.0. The van der Waals surface area contributed by atoms with Gasteiger partial charge in [0.2, 0.25) is 5.91 Å². The summed E-state index contributed by atoms with van der Waals surface area (Å²) in [4.78, 5) is 12.0. The van der Waals surface area contributed by atoms with E-state index in [9.17, 15) is 4.79 Å². The third-order valence-corrected chi connectivity index (χ3v) is 2.87. The molecule has 1 aromatic rings. The van der Waals surface area contributed by atoms with E-state index in [-0.39, 0.29) is 5.91 Å². The van der Waals surface area contributed by atoms with Crippen LogP contribution in [0.1, 0.15) is 25.3 Å². The number of nitrogens with one attached hydrogen (secondary N) is 1. The van der Waals surface area contributed by atoms with Gasteiger partial charge in [0.1, 0.15) is 0 Å². The number of carbonyl (C=O) groups is 1. The topological polar surface area (TPSA) is 29.1 Å². The lowest BCUT2D eigenvalue weighted by atomic mass is 9.92. The molecule has 1 aromatic carbocycles. The molecule has 0 atom stereocenters. The summed E-state index contributed by atoms with van der Waals surface area (Å²) in [5.74, 6) is 0.0655. The van der Waals surface area contributed by atoms with Gasteiger partial charge < -0.3 is 5.32 Å². The minimum Gasteiger partial charge on any atom is -0.353 e. The third-order valence-electron chi connectivity index (χ3n) is 2.87. The van der Waals surface area contributed by atoms with Gasteiger partial charge in [-0.2, -0.15) is 0 Å². The van der Waals surface area contributed by atoms with Crippen LogP contribution in [-0.4, -0.2) is 12.5 Å². The molecule has 0 unspecified atom stereocenters. The Morgan fingerprint density at radius 1 is 1.29 bits per heavy atom. The molecule has 2 rings (SSSR count). The predicted octanol–water partition coefficient (Wildman–Crippen LogP) is 2.93. The molecule has 0 bridgehead atoms. The summed E-state index contributed by atoms with van der Waals surface area (Å²) in [6.45, 7) is 2.62. The number of hydrogen-bond acceptors (Lipinski definition) is 1. The van der Waals surface area contributed by atoms with Crippen molar-refractivity contribution in [3.05, 3.63) is 53.6 Å². The first kappa shape index (κ1) is 11.6. The van der Waals surface area contributed by atoms with E-state index in [1.807, 2.05) is 37.3 Å². The van der Waals surface area contributed by atoms with Crippen LogP contribution in [0.3, 0.4) is 0 Å². The second kappa shape index (κ2) is 5.48. The summed E-state index contributed by atoms with van der Waals surface area (Å²) in [7, 11) is 0. The summed E-state index contributed by atoms with van der Waals surface area (Å²) >= 11 is 0. The summed E-state index contributed by atoms with van der Waals surface area (Å²) in [5.41, 5.74) is 3.08.